The largest absolute Gasteiger partial charge is 0.476 e. The number of alkyl halides is 3. The molecule has 0 radical (unpaired) electrons. The molecule has 2 atom stereocenters. The lowest BCUT2D eigenvalue weighted by atomic mass is 10.2. The highest BCUT2D eigenvalue weighted by Gasteiger charge is 2.44. The SMILES string of the molecule is CC(N)C(Oc1cccc(F)c1F)C(F)(F)F. The summed E-state index contributed by atoms with van der Waals surface area (Å²) in [6.45, 7) is 1.06. The third-order valence-electron chi connectivity index (χ3n) is 1.97. The Labute approximate surface area is 94.2 Å². The summed E-state index contributed by atoms with van der Waals surface area (Å²) in [7, 11) is 0. The molecule has 0 aromatic heterocycles. The van der Waals surface area contributed by atoms with E-state index in [1.165, 1.54) is 0 Å². The summed E-state index contributed by atoms with van der Waals surface area (Å²) < 4.78 is 67.7. The first-order valence-corrected chi connectivity index (χ1v) is 4.66. The molecule has 0 aliphatic heterocycles. The predicted molar refractivity (Wildman–Crippen MR) is 50.5 cm³/mol. The molecule has 2 unspecified atom stereocenters. The molecule has 0 aliphatic rings. The van der Waals surface area contributed by atoms with E-state index in [9.17, 15) is 22.0 Å². The Morgan fingerprint density at radius 3 is 2.29 bits per heavy atom. The van der Waals surface area contributed by atoms with E-state index in [0.29, 0.717) is 0 Å². The first-order chi connectivity index (χ1) is 7.73. The Kier molecular flexibility index (Phi) is 3.92. The molecule has 0 bridgehead atoms. The van der Waals surface area contributed by atoms with Gasteiger partial charge in [-0.3, -0.25) is 0 Å². The van der Waals surface area contributed by atoms with Crippen LogP contribution in [0.15, 0.2) is 18.2 Å². The minimum absolute atomic E-state index is 0.774. The molecule has 0 spiro atoms. The van der Waals surface area contributed by atoms with Gasteiger partial charge in [-0.2, -0.15) is 17.6 Å². The number of nitrogens with two attached hydrogens (primary N) is 1. The Balaban J connectivity index is 2.99. The van der Waals surface area contributed by atoms with E-state index in [1.54, 1.807) is 0 Å². The number of hydrogen-bond donors (Lipinski definition) is 1. The molecule has 2 nitrogen and oxygen atoms in total. The lowest BCUT2D eigenvalue weighted by Crippen LogP contribution is -2.47. The van der Waals surface area contributed by atoms with Crippen LogP contribution in [-0.2, 0) is 0 Å². The highest BCUT2D eigenvalue weighted by Crippen LogP contribution is 2.28. The van der Waals surface area contributed by atoms with Crippen molar-refractivity contribution in [3.8, 4) is 5.75 Å². The zero-order valence-corrected chi connectivity index (χ0v) is 8.76. The van der Waals surface area contributed by atoms with E-state index >= 15 is 0 Å². The Morgan fingerprint density at radius 1 is 1.24 bits per heavy atom. The molecule has 0 aliphatic carbocycles. The average Bonchev–Trinajstić information content (AvgIpc) is 2.17. The van der Waals surface area contributed by atoms with Gasteiger partial charge >= 0.3 is 6.18 Å². The molecular weight excluding hydrogens is 245 g/mol. The van der Waals surface area contributed by atoms with Gasteiger partial charge in [0.25, 0.3) is 0 Å². The number of ether oxygens (including phenoxy) is 1. The van der Waals surface area contributed by atoms with Crippen LogP contribution >= 0.6 is 0 Å². The van der Waals surface area contributed by atoms with Gasteiger partial charge in [0.2, 0.25) is 11.9 Å². The summed E-state index contributed by atoms with van der Waals surface area (Å²) in [4.78, 5) is 0. The molecule has 7 heteroatoms. The Morgan fingerprint density at radius 2 is 1.82 bits per heavy atom. The second kappa shape index (κ2) is 4.87. The zero-order chi connectivity index (χ0) is 13.2. The minimum Gasteiger partial charge on any atom is -0.476 e. The quantitative estimate of drug-likeness (QED) is 0.842. The van der Waals surface area contributed by atoms with E-state index in [1.807, 2.05) is 0 Å². The lowest BCUT2D eigenvalue weighted by Gasteiger charge is -2.24. The summed E-state index contributed by atoms with van der Waals surface area (Å²) in [5.74, 6) is -3.57. The van der Waals surface area contributed by atoms with Gasteiger partial charge in [0.15, 0.2) is 11.6 Å². The van der Waals surface area contributed by atoms with Gasteiger partial charge in [-0.25, -0.2) is 4.39 Å². The van der Waals surface area contributed by atoms with Crippen molar-refractivity contribution in [1.82, 2.24) is 0 Å². The molecule has 2 N–H and O–H groups in total. The van der Waals surface area contributed by atoms with Crippen LogP contribution in [0.2, 0.25) is 0 Å². The molecule has 1 rings (SSSR count). The molecule has 0 saturated heterocycles. The molecule has 1 aromatic rings. The van der Waals surface area contributed by atoms with E-state index in [4.69, 9.17) is 5.73 Å². The summed E-state index contributed by atoms with van der Waals surface area (Å²) in [6.07, 6.45) is -7.15. The first-order valence-electron chi connectivity index (χ1n) is 4.66. The highest BCUT2D eigenvalue weighted by molar-refractivity contribution is 5.25. The van der Waals surface area contributed by atoms with Crippen LogP contribution in [0.1, 0.15) is 6.92 Å². The Bertz CT molecular complexity index is 391. The summed E-state index contributed by atoms with van der Waals surface area (Å²) in [5, 5.41) is 0. The van der Waals surface area contributed by atoms with Gasteiger partial charge in [-0.05, 0) is 19.1 Å². The van der Waals surface area contributed by atoms with Gasteiger partial charge in [-0.15, -0.1) is 0 Å². The fourth-order valence-corrected chi connectivity index (χ4v) is 1.18. The van der Waals surface area contributed by atoms with Crippen LogP contribution in [0.25, 0.3) is 0 Å². The fourth-order valence-electron chi connectivity index (χ4n) is 1.18. The van der Waals surface area contributed by atoms with Gasteiger partial charge < -0.3 is 10.5 Å². The predicted octanol–water partition coefficient (Wildman–Crippen LogP) is 2.62. The van der Waals surface area contributed by atoms with E-state index in [-0.39, 0.29) is 0 Å². The first kappa shape index (κ1) is 13.7. The summed E-state index contributed by atoms with van der Waals surface area (Å²) >= 11 is 0. The van der Waals surface area contributed by atoms with Crippen LogP contribution in [0, 0.1) is 11.6 Å². The monoisotopic (exact) mass is 255 g/mol. The average molecular weight is 255 g/mol. The van der Waals surface area contributed by atoms with E-state index < -0.39 is 35.7 Å². The molecule has 17 heavy (non-hydrogen) atoms. The van der Waals surface area contributed by atoms with Crippen LogP contribution in [-0.4, -0.2) is 18.3 Å². The number of hydrogen-bond acceptors (Lipinski definition) is 2. The highest BCUT2D eigenvalue weighted by atomic mass is 19.4. The molecule has 0 saturated carbocycles. The van der Waals surface area contributed by atoms with Crippen molar-refractivity contribution in [3.63, 3.8) is 0 Å². The standard InChI is InChI=1S/C10H10F5NO/c1-5(16)9(10(13,14)15)17-7-4-2-3-6(11)8(7)12/h2-5,9H,16H2,1H3. The summed E-state index contributed by atoms with van der Waals surface area (Å²) in [5.41, 5.74) is 5.10. The van der Waals surface area contributed by atoms with Crippen LogP contribution in [0.5, 0.6) is 5.75 Å². The van der Waals surface area contributed by atoms with Crippen molar-refractivity contribution < 1.29 is 26.7 Å². The number of halogens is 5. The van der Waals surface area contributed by atoms with Crippen molar-refractivity contribution in [2.75, 3.05) is 0 Å². The van der Waals surface area contributed by atoms with Crippen LogP contribution < -0.4 is 10.5 Å². The van der Waals surface area contributed by atoms with E-state index in [2.05, 4.69) is 4.74 Å². The van der Waals surface area contributed by atoms with Crippen LogP contribution in [0.3, 0.4) is 0 Å². The molecular formula is C10H10F5NO. The molecule has 1 aromatic carbocycles. The van der Waals surface area contributed by atoms with Crippen molar-refractivity contribution >= 4 is 0 Å². The van der Waals surface area contributed by atoms with Crippen molar-refractivity contribution in [1.29, 1.82) is 0 Å². The van der Waals surface area contributed by atoms with E-state index in [0.717, 1.165) is 25.1 Å². The molecule has 0 fully saturated rings. The maximum absolute atomic E-state index is 13.1. The fraction of sp³-hybridized carbons (Fsp3) is 0.400. The maximum Gasteiger partial charge on any atom is 0.426 e. The second-order valence-electron chi connectivity index (χ2n) is 3.49. The topological polar surface area (TPSA) is 35.2 Å². The summed E-state index contributed by atoms with van der Waals surface area (Å²) in [6, 6.07) is 1.32. The van der Waals surface area contributed by atoms with Crippen molar-refractivity contribution in [2.45, 2.75) is 25.2 Å². The van der Waals surface area contributed by atoms with Crippen molar-refractivity contribution in [2.24, 2.45) is 5.73 Å². The van der Waals surface area contributed by atoms with Gasteiger partial charge in [0.05, 0.1) is 0 Å². The maximum atomic E-state index is 13.1. The van der Waals surface area contributed by atoms with Gasteiger partial charge in [0, 0.05) is 6.04 Å². The molecule has 96 valence electrons. The smallest absolute Gasteiger partial charge is 0.426 e. The van der Waals surface area contributed by atoms with Crippen LogP contribution in [0.4, 0.5) is 22.0 Å². The van der Waals surface area contributed by atoms with Gasteiger partial charge in [-0.1, -0.05) is 6.07 Å². The third kappa shape index (κ3) is 3.29. The molecule has 0 heterocycles. The van der Waals surface area contributed by atoms with Gasteiger partial charge in [0.1, 0.15) is 0 Å². The minimum atomic E-state index is -4.76. The normalized spacial score (nSPS) is 15.5. The molecule has 0 amide bonds. The second-order valence-corrected chi connectivity index (χ2v) is 3.49. The lowest BCUT2D eigenvalue weighted by molar-refractivity contribution is -0.199. The zero-order valence-electron chi connectivity index (χ0n) is 8.76. The third-order valence-corrected chi connectivity index (χ3v) is 1.97. The Hall–Kier alpha value is -1.37. The number of benzene rings is 1. The van der Waals surface area contributed by atoms with Crippen molar-refractivity contribution in [3.05, 3.63) is 29.8 Å². The number of rotatable bonds is 3.